The molecule has 0 aromatic rings. The highest BCUT2D eigenvalue weighted by Gasteiger charge is 2.46. The Labute approximate surface area is 106 Å². The van der Waals surface area contributed by atoms with E-state index in [2.05, 4.69) is 25.7 Å². The van der Waals surface area contributed by atoms with Crippen LogP contribution in [0, 0.1) is 5.92 Å². The van der Waals surface area contributed by atoms with Gasteiger partial charge in [0.25, 0.3) is 0 Å². The van der Waals surface area contributed by atoms with Crippen LogP contribution in [-0.2, 0) is 4.74 Å². The average molecular weight is 240 g/mol. The first-order valence-electron chi connectivity index (χ1n) is 7.21. The maximum absolute atomic E-state index is 6.15. The zero-order valence-electron chi connectivity index (χ0n) is 11.6. The summed E-state index contributed by atoms with van der Waals surface area (Å²) in [6, 6.07) is 0.800. The first-order chi connectivity index (χ1) is 8.13. The van der Waals surface area contributed by atoms with E-state index >= 15 is 0 Å². The largest absolute Gasteiger partial charge is 0.378 e. The summed E-state index contributed by atoms with van der Waals surface area (Å²) in [5.41, 5.74) is 6.36. The predicted molar refractivity (Wildman–Crippen MR) is 71.0 cm³/mol. The lowest BCUT2D eigenvalue weighted by atomic mass is 9.81. The molecule has 3 nitrogen and oxygen atoms in total. The van der Waals surface area contributed by atoms with Crippen LogP contribution in [-0.4, -0.2) is 42.3 Å². The molecular formula is C14H28N2O. The molecule has 1 saturated carbocycles. The maximum Gasteiger partial charge on any atom is 0.0616 e. The maximum atomic E-state index is 6.15. The fraction of sp³-hybridized carbons (Fsp3) is 1.00. The Balaban J connectivity index is 2.11. The van der Waals surface area contributed by atoms with Crippen molar-refractivity contribution in [2.75, 3.05) is 19.7 Å². The minimum absolute atomic E-state index is 0.211. The second-order valence-corrected chi connectivity index (χ2v) is 6.05. The predicted octanol–water partition coefficient (Wildman–Crippen LogP) is 2.00. The molecule has 1 aliphatic heterocycles. The van der Waals surface area contributed by atoms with Crippen molar-refractivity contribution in [1.82, 2.24) is 4.90 Å². The van der Waals surface area contributed by atoms with Crippen molar-refractivity contribution in [3.8, 4) is 0 Å². The van der Waals surface area contributed by atoms with E-state index in [1.807, 2.05) is 0 Å². The van der Waals surface area contributed by atoms with Gasteiger partial charge in [0, 0.05) is 24.7 Å². The molecule has 0 radical (unpaired) electrons. The van der Waals surface area contributed by atoms with Crippen molar-refractivity contribution in [3.05, 3.63) is 0 Å². The second kappa shape index (κ2) is 5.25. The number of nitrogens with two attached hydrogens (primary N) is 1. The number of rotatable bonds is 5. The Morgan fingerprint density at radius 1 is 1.41 bits per heavy atom. The van der Waals surface area contributed by atoms with Crippen LogP contribution in [0.4, 0.5) is 0 Å². The van der Waals surface area contributed by atoms with Crippen LogP contribution in [0.5, 0.6) is 0 Å². The molecule has 2 fully saturated rings. The van der Waals surface area contributed by atoms with Crippen LogP contribution < -0.4 is 5.73 Å². The number of nitrogens with zero attached hydrogens (tertiary/aromatic N) is 1. The van der Waals surface area contributed by atoms with E-state index in [1.54, 1.807) is 0 Å². The first kappa shape index (κ1) is 13.3. The van der Waals surface area contributed by atoms with Crippen molar-refractivity contribution in [2.45, 2.75) is 64.1 Å². The third kappa shape index (κ3) is 2.67. The van der Waals surface area contributed by atoms with Gasteiger partial charge < -0.3 is 10.5 Å². The molecular weight excluding hydrogens is 212 g/mol. The summed E-state index contributed by atoms with van der Waals surface area (Å²) in [5.74, 6) is 0.596. The Morgan fingerprint density at radius 3 is 2.59 bits per heavy atom. The quantitative estimate of drug-likeness (QED) is 0.799. The molecule has 100 valence electrons. The van der Waals surface area contributed by atoms with Gasteiger partial charge in [0.1, 0.15) is 0 Å². The van der Waals surface area contributed by atoms with Gasteiger partial charge in [-0.25, -0.2) is 0 Å². The summed E-state index contributed by atoms with van der Waals surface area (Å²) in [6.07, 6.45) is 5.34. The van der Waals surface area contributed by atoms with E-state index in [9.17, 15) is 0 Å². The molecule has 0 bridgehead atoms. The van der Waals surface area contributed by atoms with Gasteiger partial charge in [-0.3, -0.25) is 4.90 Å². The smallest absolute Gasteiger partial charge is 0.0616 e. The summed E-state index contributed by atoms with van der Waals surface area (Å²) in [7, 11) is 0. The lowest BCUT2D eigenvalue weighted by Crippen LogP contribution is -2.59. The van der Waals surface area contributed by atoms with Crippen LogP contribution in [0.2, 0.25) is 0 Å². The molecule has 1 heterocycles. The van der Waals surface area contributed by atoms with Gasteiger partial charge in [-0.15, -0.1) is 0 Å². The molecule has 2 aliphatic rings. The Bertz CT molecular complexity index is 253. The van der Waals surface area contributed by atoms with E-state index in [-0.39, 0.29) is 5.54 Å². The summed E-state index contributed by atoms with van der Waals surface area (Å²) >= 11 is 0. The number of hydrogen-bond acceptors (Lipinski definition) is 3. The number of hydrogen-bond donors (Lipinski definition) is 1. The Morgan fingerprint density at radius 2 is 2.12 bits per heavy atom. The van der Waals surface area contributed by atoms with E-state index in [0.717, 1.165) is 38.6 Å². The van der Waals surface area contributed by atoms with Crippen LogP contribution in [0.25, 0.3) is 0 Å². The van der Waals surface area contributed by atoms with Crippen molar-refractivity contribution in [3.63, 3.8) is 0 Å². The van der Waals surface area contributed by atoms with Crippen LogP contribution >= 0.6 is 0 Å². The van der Waals surface area contributed by atoms with Crippen LogP contribution in [0.3, 0.4) is 0 Å². The summed E-state index contributed by atoms with van der Waals surface area (Å²) in [4.78, 5) is 2.67. The molecule has 0 spiro atoms. The molecule has 3 heteroatoms. The number of likely N-dealkylation sites (N-methyl/N-ethyl adjacent to an activating group) is 1. The molecule has 2 N–H and O–H groups in total. The van der Waals surface area contributed by atoms with Gasteiger partial charge in [0.2, 0.25) is 0 Å². The molecule has 0 amide bonds. The lowest BCUT2D eigenvalue weighted by molar-refractivity contribution is -0.0888. The average Bonchev–Trinajstić information content (AvgIpc) is 3.14. The minimum atomic E-state index is 0.211. The minimum Gasteiger partial charge on any atom is -0.378 e. The lowest BCUT2D eigenvalue weighted by Gasteiger charge is -2.49. The van der Waals surface area contributed by atoms with Gasteiger partial charge in [-0.1, -0.05) is 20.8 Å². The fourth-order valence-corrected chi connectivity index (χ4v) is 3.29. The van der Waals surface area contributed by atoms with Gasteiger partial charge in [0.15, 0.2) is 0 Å². The van der Waals surface area contributed by atoms with E-state index < -0.39 is 0 Å². The summed E-state index contributed by atoms with van der Waals surface area (Å²) in [6.45, 7) is 9.57. The molecule has 1 saturated heterocycles. The Kier molecular flexibility index (Phi) is 4.11. The topological polar surface area (TPSA) is 38.5 Å². The molecule has 0 aromatic carbocycles. The highest BCUT2D eigenvalue weighted by Crippen LogP contribution is 2.39. The highest BCUT2D eigenvalue weighted by molar-refractivity contribution is 5.02. The molecule has 0 aromatic heterocycles. The van der Waals surface area contributed by atoms with Crippen molar-refractivity contribution >= 4 is 0 Å². The van der Waals surface area contributed by atoms with Crippen LogP contribution in [0.1, 0.15) is 46.5 Å². The zero-order valence-corrected chi connectivity index (χ0v) is 11.6. The van der Waals surface area contributed by atoms with Crippen molar-refractivity contribution in [2.24, 2.45) is 11.7 Å². The normalized spacial score (nSPS) is 34.6. The summed E-state index contributed by atoms with van der Waals surface area (Å²) < 4.78 is 5.91. The van der Waals surface area contributed by atoms with E-state index in [1.165, 1.54) is 12.8 Å². The summed E-state index contributed by atoms with van der Waals surface area (Å²) in [5, 5.41) is 0. The van der Waals surface area contributed by atoms with E-state index in [4.69, 9.17) is 10.5 Å². The van der Waals surface area contributed by atoms with Gasteiger partial charge in [0.05, 0.1) is 6.10 Å². The third-order valence-corrected chi connectivity index (χ3v) is 4.54. The second-order valence-electron chi connectivity index (χ2n) is 6.05. The molecule has 2 atom stereocenters. The fourth-order valence-electron chi connectivity index (χ4n) is 3.29. The zero-order chi connectivity index (χ0) is 12.5. The van der Waals surface area contributed by atoms with Crippen LogP contribution in [0.15, 0.2) is 0 Å². The number of ether oxygens (including phenoxy) is 1. The highest BCUT2D eigenvalue weighted by atomic mass is 16.5. The van der Waals surface area contributed by atoms with Gasteiger partial charge >= 0.3 is 0 Å². The van der Waals surface area contributed by atoms with Crippen molar-refractivity contribution < 1.29 is 4.74 Å². The monoisotopic (exact) mass is 240 g/mol. The SMILES string of the molecule is CCN(C1CC1)C1(CN)CCOC(C(C)C)C1. The molecule has 17 heavy (non-hydrogen) atoms. The molecule has 1 aliphatic carbocycles. The Hall–Kier alpha value is -0.120. The first-order valence-corrected chi connectivity index (χ1v) is 7.21. The molecule has 2 rings (SSSR count). The van der Waals surface area contributed by atoms with Crippen molar-refractivity contribution in [1.29, 1.82) is 0 Å². The van der Waals surface area contributed by atoms with E-state index in [0.29, 0.717) is 12.0 Å². The third-order valence-electron chi connectivity index (χ3n) is 4.54. The van der Waals surface area contributed by atoms with Gasteiger partial charge in [-0.05, 0) is 38.1 Å². The van der Waals surface area contributed by atoms with Gasteiger partial charge in [-0.2, -0.15) is 0 Å². The standard InChI is InChI=1S/C14H28N2O/c1-4-16(12-5-6-12)14(10-15)7-8-17-13(9-14)11(2)3/h11-13H,4-10,15H2,1-3H3. The molecule has 2 unspecified atom stereocenters.